The van der Waals surface area contributed by atoms with E-state index in [1.54, 1.807) is 11.8 Å². The fraction of sp³-hybridized carbons (Fsp3) is 0.562. The third-order valence-electron chi connectivity index (χ3n) is 3.69. The summed E-state index contributed by atoms with van der Waals surface area (Å²) in [6.07, 6.45) is 1.91. The summed E-state index contributed by atoms with van der Waals surface area (Å²) < 4.78 is 0. The van der Waals surface area contributed by atoms with Crippen LogP contribution in [-0.2, 0) is 4.79 Å². The SMILES string of the molecule is CC[C@@H]1S[C@@H](c2ccc(C)cc2)N(CCCNC)C1=O. The van der Waals surface area contributed by atoms with Gasteiger partial charge in [-0.2, -0.15) is 0 Å². The normalized spacial score (nSPS) is 22.6. The first-order chi connectivity index (χ1) is 9.67. The molecule has 1 amide bonds. The first kappa shape index (κ1) is 15.4. The average Bonchev–Trinajstić information content (AvgIpc) is 2.77. The van der Waals surface area contributed by atoms with Crippen molar-refractivity contribution in [2.45, 2.75) is 37.3 Å². The minimum atomic E-state index is 0.121. The Morgan fingerprint density at radius 3 is 2.60 bits per heavy atom. The smallest absolute Gasteiger partial charge is 0.236 e. The molecule has 1 aliphatic heterocycles. The molecule has 0 radical (unpaired) electrons. The molecular formula is C16H24N2OS. The number of hydrogen-bond donors (Lipinski definition) is 1. The van der Waals surface area contributed by atoms with Gasteiger partial charge in [-0.15, -0.1) is 11.8 Å². The molecule has 1 N–H and O–H groups in total. The van der Waals surface area contributed by atoms with E-state index in [4.69, 9.17) is 0 Å². The molecule has 0 unspecified atom stereocenters. The van der Waals surface area contributed by atoms with Gasteiger partial charge >= 0.3 is 0 Å². The number of aryl methyl sites for hydroxylation is 1. The Hall–Kier alpha value is -1.00. The largest absolute Gasteiger partial charge is 0.326 e. The third kappa shape index (κ3) is 3.36. The van der Waals surface area contributed by atoms with Crippen molar-refractivity contribution < 1.29 is 4.79 Å². The Labute approximate surface area is 126 Å². The number of benzene rings is 1. The van der Waals surface area contributed by atoms with E-state index in [2.05, 4.69) is 48.3 Å². The van der Waals surface area contributed by atoms with Crippen LogP contribution in [0.1, 0.15) is 36.3 Å². The number of nitrogens with one attached hydrogen (secondary N) is 1. The topological polar surface area (TPSA) is 32.3 Å². The predicted molar refractivity (Wildman–Crippen MR) is 85.8 cm³/mol. The van der Waals surface area contributed by atoms with E-state index < -0.39 is 0 Å². The molecule has 0 saturated carbocycles. The summed E-state index contributed by atoms with van der Waals surface area (Å²) in [5.74, 6) is 0.305. The fourth-order valence-electron chi connectivity index (χ4n) is 2.50. The van der Waals surface area contributed by atoms with E-state index in [0.29, 0.717) is 5.91 Å². The van der Waals surface area contributed by atoms with Crippen molar-refractivity contribution in [3.63, 3.8) is 0 Å². The van der Waals surface area contributed by atoms with Crippen LogP contribution in [-0.4, -0.2) is 36.2 Å². The zero-order chi connectivity index (χ0) is 14.5. The highest BCUT2D eigenvalue weighted by Crippen LogP contribution is 2.44. The molecule has 1 aromatic rings. The Kier molecular flexibility index (Phi) is 5.49. The van der Waals surface area contributed by atoms with Crippen LogP contribution >= 0.6 is 11.8 Å². The summed E-state index contributed by atoms with van der Waals surface area (Å²) >= 11 is 1.80. The highest BCUT2D eigenvalue weighted by atomic mass is 32.2. The molecule has 110 valence electrons. The van der Waals surface area contributed by atoms with Gasteiger partial charge in [-0.05, 0) is 38.9 Å². The highest BCUT2D eigenvalue weighted by Gasteiger charge is 2.39. The minimum Gasteiger partial charge on any atom is -0.326 e. The summed E-state index contributed by atoms with van der Waals surface area (Å²) in [7, 11) is 1.95. The van der Waals surface area contributed by atoms with E-state index in [0.717, 1.165) is 25.9 Å². The van der Waals surface area contributed by atoms with E-state index in [-0.39, 0.29) is 10.6 Å². The molecule has 0 aromatic heterocycles. The molecule has 3 nitrogen and oxygen atoms in total. The molecule has 20 heavy (non-hydrogen) atoms. The zero-order valence-corrected chi connectivity index (χ0v) is 13.4. The summed E-state index contributed by atoms with van der Waals surface area (Å²) in [6, 6.07) is 8.57. The summed E-state index contributed by atoms with van der Waals surface area (Å²) in [4.78, 5) is 14.5. The van der Waals surface area contributed by atoms with Gasteiger partial charge in [0.1, 0.15) is 5.37 Å². The minimum absolute atomic E-state index is 0.121. The molecular weight excluding hydrogens is 268 g/mol. The molecule has 2 rings (SSSR count). The van der Waals surface area contributed by atoms with Crippen molar-refractivity contribution >= 4 is 17.7 Å². The molecule has 4 heteroatoms. The Bertz CT molecular complexity index is 446. The van der Waals surface area contributed by atoms with Gasteiger partial charge in [0.15, 0.2) is 0 Å². The Morgan fingerprint density at radius 1 is 1.30 bits per heavy atom. The van der Waals surface area contributed by atoms with Crippen molar-refractivity contribution in [3.8, 4) is 0 Å². The molecule has 0 aliphatic carbocycles. The Balaban J connectivity index is 2.15. The average molecular weight is 292 g/mol. The van der Waals surface area contributed by atoms with Crippen LogP contribution in [0.2, 0.25) is 0 Å². The lowest BCUT2D eigenvalue weighted by Crippen LogP contribution is -2.33. The van der Waals surface area contributed by atoms with Gasteiger partial charge in [0.25, 0.3) is 0 Å². The van der Waals surface area contributed by atoms with Crippen molar-refractivity contribution in [1.29, 1.82) is 0 Å². The second-order valence-electron chi connectivity index (χ2n) is 5.28. The lowest BCUT2D eigenvalue weighted by molar-refractivity contribution is -0.130. The monoisotopic (exact) mass is 292 g/mol. The number of thioether (sulfide) groups is 1. The van der Waals surface area contributed by atoms with Crippen LogP contribution in [0.3, 0.4) is 0 Å². The van der Waals surface area contributed by atoms with Crippen LogP contribution in [0.25, 0.3) is 0 Å². The van der Waals surface area contributed by atoms with Crippen LogP contribution in [0, 0.1) is 6.92 Å². The molecule has 1 fully saturated rings. The first-order valence-electron chi connectivity index (χ1n) is 7.34. The van der Waals surface area contributed by atoms with E-state index >= 15 is 0 Å². The van der Waals surface area contributed by atoms with Crippen LogP contribution in [0.5, 0.6) is 0 Å². The summed E-state index contributed by atoms with van der Waals surface area (Å²) in [5, 5.41) is 3.46. The van der Waals surface area contributed by atoms with Crippen molar-refractivity contribution in [2.75, 3.05) is 20.1 Å². The van der Waals surface area contributed by atoms with E-state index in [1.807, 2.05) is 7.05 Å². The maximum atomic E-state index is 12.5. The van der Waals surface area contributed by atoms with Crippen molar-refractivity contribution in [3.05, 3.63) is 35.4 Å². The number of hydrogen-bond acceptors (Lipinski definition) is 3. The maximum Gasteiger partial charge on any atom is 0.236 e. The quantitative estimate of drug-likeness (QED) is 0.818. The highest BCUT2D eigenvalue weighted by molar-refractivity contribution is 8.01. The zero-order valence-electron chi connectivity index (χ0n) is 12.6. The second-order valence-corrected chi connectivity index (χ2v) is 6.57. The van der Waals surface area contributed by atoms with Gasteiger partial charge in [-0.1, -0.05) is 36.8 Å². The number of rotatable bonds is 6. The predicted octanol–water partition coefficient (Wildman–Crippen LogP) is 2.96. The van der Waals surface area contributed by atoms with Crippen LogP contribution in [0.15, 0.2) is 24.3 Å². The van der Waals surface area contributed by atoms with Gasteiger partial charge in [-0.25, -0.2) is 0 Å². The van der Waals surface area contributed by atoms with Gasteiger partial charge in [0, 0.05) is 6.54 Å². The maximum absolute atomic E-state index is 12.5. The standard InChI is InChI=1S/C16H24N2OS/c1-4-14-15(19)18(11-5-10-17-3)16(20-14)13-8-6-12(2)7-9-13/h6-9,14,16-17H,4-5,10-11H2,1-3H3/t14-,16-/m0/s1. The van der Waals surface area contributed by atoms with Gasteiger partial charge in [0.05, 0.1) is 5.25 Å². The number of amides is 1. The summed E-state index contributed by atoms with van der Waals surface area (Å²) in [5.41, 5.74) is 2.51. The molecule has 2 atom stereocenters. The number of carbonyl (C=O) groups excluding carboxylic acids is 1. The van der Waals surface area contributed by atoms with Crippen LogP contribution < -0.4 is 5.32 Å². The molecule has 1 saturated heterocycles. The van der Waals surface area contributed by atoms with Gasteiger partial charge in [0.2, 0.25) is 5.91 Å². The van der Waals surface area contributed by atoms with E-state index in [1.165, 1.54) is 11.1 Å². The lowest BCUT2D eigenvalue weighted by atomic mass is 10.1. The number of nitrogens with zero attached hydrogens (tertiary/aromatic N) is 1. The third-order valence-corrected chi connectivity index (χ3v) is 5.34. The first-order valence-corrected chi connectivity index (χ1v) is 8.28. The molecule has 0 spiro atoms. The van der Waals surface area contributed by atoms with Crippen molar-refractivity contribution in [1.82, 2.24) is 10.2 Å². The van der Waals surface area contributed by atoms with Crippen molar-refractivity contribution in [2.24, 2.45) is 0 Å². The van der Waals surface area contributed by atoms with Crippen LogP contribution in [0.4, 0.5) is 0 Å². The second kappa shape index (κ2) is 7.14. The van der Waals surface area contributed by atoms with Gasteiger partial charge < -0.3 is 10.2 Å². The fourth-order valence-corrected chi connectivity index (χ4v) is 3.93. The summed E-state index contributed by atoms with van der Waals surface area (Å²) in [6.45, 7) is 5.97. The lowest BCUT2D eigenvalue weighted by Gasteiger charge is -2.24. The Morgan fingerprint density at radius 2 is 2.00 bits per heavy atom. The number of carbonyl (C=O) groups is 1. The molecule has 1 aromatic carbocycles. The van der Waals surface area contributed by atoms with Gasteiger partial charge in [-0.3, -0.25) is 4.79 Å². The molecule has 1 aliphatic rings. The van der Waals surface area contributed by atoms with E-state index in [9.17, 15) is 4.79 Å². The molecule has 0 bridgehead atoms. The molecule has 1 heterocycles.